The van der Waals surface area contributed by atoms with Crippen molar-refractivity contribution in [2.45, 2.75) is 12.0 Å². The van der Waals surface area contributed by atoms with Crippen molar-refractivity contribution < 1.29 is 19.4 Å². The number of carbonyl (C=O) groups is 2. The molecule has 0 aliphatic heterocycles. The van der Waals surface area contributed by atoms with Crippen LogP contribution in [-0.2, 0) is 9.53 Å². The van der Waals surface area contributed by atoms with Crippen molar-refractivity contribution in [3.05, 3.63) is 76.8 Å². The Bertz CT molecular complexity index is 738. The zero-order valence-corrected chi connectivity index (χ0v) is 13.9. The maximum absolute atomic E-state index is 12.4. The van der Waals surface area contributed by atoms with E-state index < -0.39 is 23.8 Å². The highest BCUT2D eigenvalue weighted by molar-refractivity contribution is 6.30. The molecular weight excluding hydrogens is 328 g/mol. The summed E-state index contributed by atoms with van der Waals surface area (Å²) in [6.45, 7) is 0. The van der Waals surface area contributed by atoms with Gasteiger partial charge in [0, 0.05) is 10.6 Å². The Kier molecular flexibility index (Phi) is 5.90. The van der Waals surface area contributed by atoms with Gasteiger partial charge in [-0.2, -0.15) is 0 Å². The fourth-order valence-corrected chi connectivity index (χ4v) is 2.28. The van der Waals surface area contributed by atoms with Gasteiger partial charge < -0.3 is 9.84 Å². The van der Waals surface area contributed by atoms with Crippen LogP contribution >= 0.6 is 11.6 Å². The lowest BCUT2D eigenvalue weighted by Gasteiger charge is -2.21. The molecule has 0 bridgehead atoms. The lowest BCUT2D eigenvalue weighted by molar-refractivity contribution is -0.156. The van der Waals surface area contributed by atoms with E-state index in [9.17, 15) is 14.7 Å². The molecule has 0 aromatic heterocycles. The van der Waals surface area contributed by atoms with Gasteiger partial charge in [0.25, 0.3) is 0 Å². The first kappa shape index (κ1) is 17.9. The molecule has 0 saturated carbocycles. The molecule has 4 nitrogen and oxygen atoms in total. The third kappa shape index (κ3) is 4.54. The minimum Gasteiger partial charge on any atom is -0.467 e. The first-order chi connectivity index (χ1) is 11.4. The van der Waals surface area contributed by atoms with Gasteiger partial charge in [0.2, 0.25) is 0 Å². The fourth-order valence-electron chi connectivity index (χ4n) is 2.16. The van der Waals surface area contributed by atoms with E-state index in [-0.39, 0.29) is 0 Å². The molecule has 5 heteroatoms. The second-order valence-electron chi connectivity index (χ2n) is 5.27. The van der Waals surface area contributed by atoms with Gasteiger partial charge in [-0.3, -0.25) is 4.79 Å². The van der Waals surface area contributed by atoms with Crippen LogP contribution in [0.2, 0.25) is 5.02 Å². The number of ketones is 1. The lowest BCUT2D eigenvalue weighted by Crippen LogP contribution is -2.39. The molecule has 0 aliphatic rings. The van der Waals surface area contributed by atoms with Gasteiger partial charge in [-0.1, -0.05) is 48.0 Å². The highest BCUT2D eigenvalue weighted by Gasteiger charge is 2.37. The quantitative estimate of drug-likeness (QED) is 0.643. The topological polar surface area (TPSA) is 63.6 Å². The second-order valence-corrected chi connectivity index (χ2v) is 5.70. The van der Waals surface area contributed by atoms with Gasteiger partial charge in [-0.25, -0.2) is 4.79 Å². The number of halogens is 1. The molecule has 0 amide bonds. The van der Waals surface area contributed by atoms with Gasteiger partial charge in [-0.15, -0.1) is 0 Å². The van der Waals surface area contributed by atoms with Gasteiger partial charge in [0.05, 0.1) is 13.5 Å². The van der Waals surface area contributed by atoms with Gasteiger partial charge in [0.1, 0.15) is 0 Å². The van der Waals surface area contributed by atoms with Crippen LogP contribution in [0.4, 0.5) is 0 Å². The molecule has 2 rings (SSSR count). The number of esters is 1. The van der Waals surface area contributed by atoms with Gasteiger partial charge in [0.15, 0.2) is 11.4 Å². The summed E-state index contributed by atoms with van der Waals surface area (Å²) in [7, 11) is 1.16. The molecule has 0 aliphatic carbocycles. The van der Waals surface area contributed by atoms with Crippen LogP contribution < -0.4 is 0 Å². The predicted octanol–water partition coefficient (Wildman–Crippen LogP) is 3.53. The minimum absolute atomic E-state index is 0.356. The Labute approximate surface area is 145 Å². The summed E-state index contributed by atoms with van der Waals surface area (Å²) in [6.07, 6.45) is 2.43. The van der Waals surface area contributed by atoms with Gasteiger partial charge >= 0.3 is 5.97 Å². The molecule has 24 heavy (non-hydrogen) atoms. The average molecular weight is 345 g/mol. The normalized spacial score (nSPS) is 13.5. The Morgan fingerprint density at radius 3 is 2.33 bits per heavy atom. The molecule has 2 aromatic rings. The molecule has 0 unspecified atom stereocenters. The first-order valence-corrected chi connectivity index (χ1v) is 7.66. The van der Waals surface area contributed by atoms with E-state index in [1.165, 1.54) is 6.08 Å². The van der Waals surface area contributed by atoms with E-state index in [4.69, 9.17) is 11.6 Å². The van der Waals surface area contributed by atoms with E-state index in [1.807, 2.05) is 30.3 Å². The van der Waals surface area contributed by atoms with Crippen LogP contribution in [0.5, 0.6) is 0 Å². The SMILES string of the molecule is COC(=O)[C@](O)(/C=C/c1ccccc1)CC(=O)c1ccc(Cl)cc1. The molecule has 0 heterocycles. The Balaban J connectivity index is 2.24. The molecule has 0 spiro atoms. The molecule has 1 N–H and O–H groups in total. The van der Waals surface area contributed by atoms with E-state index in [0.717, 1.165) is 12.7 Å². The molecule has 0 radical (unpaired) electrons. The third-order valence-electron chi connectivity index (χ3n) is 3.49. The average Bonchev–Trinajstić information content (AvgIpc) is 2.60. The van der Waals surface area contributed by atoms with Crippen molar-refractivity contribution in [1.29, 1.82) is 0 Å². The predicted molar refractivity (Wildman–Crippen MR) is 92.8 cm³/mol. The van der Waals surface area contributed by atoms with Crippen LogP contribution in [0.1, 0.15) is 22.3 Å². The smallest absolute Gasteiger partial charge is 0.342 e. The lowest BCUT2D eigenvalue weighted by atomic mass is 9.92. The number of aliphatic hydroxyl groups is 1. The fraction of sp³-hybridized carbons (Fsp3) is 0.158. The highest BCUT2D eigenvalue weighted by Crippen LogP contribution is 2.21. The molecule has 2 aromatic carbocycles. The number of Topliss-reactive ketones (excluding diaryl/α,β-unsaturated/α-hetero) is 1. The minimum atomic E-state index is -2.04. The summed E-state index contributed by atoms with van der Waals surface area (Å²) in [5, 5.41) is 11.1. The summed E-state index contributed by atoms with van der Waals surface area (Å²) in [5.41, 5.74) is -0.894. The summed E-state index contributed by atoms with van der Waals surface area (Å²) in [5.74, 6) is -1.28. The summed E-state index contributed by atoms with van der Waals surface area (Å²) >= 11 is 5.79. The van der Waals surface area contributed by atoms with Crippen molar-refractivity contribution in [2.75, 3.05) is 7.11 Å². The molecular formula is C19H17ClO4. The molecule has 0 fully saturated rings. The number of methoxy groups -OCH3 is 1. The van der Waals surface area contributed by atoms with Crippen molar-refractivity contribution in [1.82, 2.24) is 0 Å². The van der Waals surface area contributed by atoms with E-state index in [1.54, 1.807) is 30.3 Å². The number of carbonyl (C=O) groups excluding carboxylic acids is 2. The van der Waals surface area contributed by atoms with E-state index >= 15 is 0 Å². The third-order valence-corrected chi connectivity index (χ3v) is 3.74. The van der Waals surface area contributed by atoms with Crippen molar-refractivity contribution >= 4 is 29.4 Å². The van der Waals surface area contributed by atoms with Crippen LogP contribution in [0, 0.1) is 0 Å². The van der Waals surface area contributed by atoms with Crippen molar-refractivity contribution in [2.24, 2.45) is 0 Å². The zero-order chi connectivity index (χ0) is 17.6. The largest absolute Gasteiger partial charge is 0.467 e. The number of benzene rings is 2. The monoisotopic (exact) mass is 344 g/mol. The number of hydrogen-bond acceptors (Lipinski definition) is 4. The zero-order valence-electron chi connectivity index (χ0n) is 13.1. The molecule has 124 valence electrons. The summed E-state index contributed by atoms with van der Waals surface area (Å²) in [6, 6.07) is 15.4. The maximum atomic E-state index is 12.4. The van der Waals surface area contributed by atoms with Crippen LogP contribution in [-0.4, -0.2) is 29.6 Å². The number of rotatable bonds is 6. The molecule has 0 saturated heterocycles. The Morgan fingerprint density at radius 1 is 1.12 bits per heavy atom. The second kappa shape index (κ2) is 7.90. The van der Waals surface area contributed by atoms with Crippen molar-refractivity contribution in [3.63, 3.8) is 0 Å². The number of hydrogen-bond donors (Lipinski definition) is 1. The van der Waals surface area contributed by atoms with E-state index in [0.29, 0.717) is 10.6 Å². The first-order valence-electron chi connectivity index (χ1n) is 7.28. The van der Waals surface area contributed by atoms with Crippen LogP contribution in [0.15, 0.2) is 60.7 Å². The molecule has 1 atom stereocenters. The Hall–Kier alpha value is -2.43. The van der Waals surface area contributed by atoms with Crippen LogP contribution in [0.25, 0.3) is 6.08 Å². The Morgan fingerprint density at radius 2 is 1.75 bits per heavy atom. The maximum Gasteiger partial charge on any atom is 0.342 e. The van der Waals surface area contributed by atoms with Crippen molar-refractivity contribution in [3.8, 4) is 0 Å². The summed E-state index contributed by atoms with van der Waals surface area (Å²) in [4.78, 5) is 24.3. The van der Waals surface area contributed by atoms with Crippen LogP contribution in [0.3, 0.4) is 0 Å². The van der Waals surface area contributed by atoms with E-state index in [2.05, 4.69) is 4.74 Å². The highest BCUT2D eigenvalue weighted by atomic mass is 35.5. The number of ether oxygens (including phenoxy) is 1. The standard InChI is InChI=1S/C19H17ClO4/c1-24-18(22)19(23,12-11-14-5-3-2-4-6-14)13-17(21)15-7-9-16(20)10-8-15/h2-12,23H,13H2,1H3/b12-11+/t19-/m0/s1. The summed E-state index contributed by atoms with van der Waals surface area (Å²) < 4.78 is 4.65. The van der Waals surface area contributed by atoms with Gasteiger partial charge in [-0.05, 0) is 35.9 Å².